The lowest BCUT2D eigenvalue weighted by Gasteiger charge is -2.34. The summed E-state index contributed by atoms with van der Waals surface area (Å²) in [5.41, 5.74) is -0.982. The molecule has 1 unspecified atom stereocenters. The Labute approximate surface area is 297 Å². The maximum Gasteiger partial charge on any atom is 0.391 e. The Morgan fingerprint density at radius 3 is 2.27 bits per heavy atom. The zero-order valence-corrected chi connectivity index (χ0v) is 28.7. The first-order valence-corrected chi connectivity index (χ1v) is 16.9. The number of benzene rings is 2. The third-order valence-corrected chi connectivity index (χ3v) is 9.52. The highest BCUT2D eigenvalue weighted by Gasteiger charge is 2.44. The third kappa shape index (κ3) is 10.2. The summed E-state index contributed by atoms with van der Waals surface area (Å²) >= 11 is 0. The standard InChI is InChI=1S/C36H40F6N6O4/c1-3-31(49)45-30(33(51)48-15-13-47(2)14-16-48)19-22-7-12-29(28(37)18-22)46-32(50)27(24-8-10-25(11-9-24)36(40,41)42)21-44-34(52)35(38,39)26-6-4-5-23(17-26)20-43/h4-7,12,17-18,21,24-25,27,30H,3,8-11,13-16,19H2,1-2H3,(H,45,49)(H,46,50)/b44-21+/t24-,25-,27?,30-/m1/s1. The van der Waals surface area contributed by atoms with Crippen LogP contribution in [-0.4, -0.2) is 85.1 Å². The Bertz CT molecular complexity index is 1690. The molecule has 2 aliphatic rings. The van der Waals surface area contributed by atoms with Crippen LogP contribution in [0.3, 0.4) is 0 Å². The number of nitrogens with one attached hydrogen (secondary N) is 2. The number of rotatable bonds is 11. The number of halogens is 6. The van der Waals surface area contributed by atoms with Gasteiger partial charge in [0.15, 0.2) is 0 Å². The summed E-state index contributed by atoms with van der Waals surface area (Å²) in [6.45, 7) is 3.82. The number of carbonyl (C=O) groups is 4. The van der Waals surface area contributed by atoms with Crippen LogP contribution in [0.4, 0.5) is 32.0 Å². The summed E-state index contributed by atoms with van der Waals surface area (Å²) in [4.78, 5) is 58.8. The zero-order valence-electron chi connectivity index (χ0n) is 28.7. The van der Waals surface area contributed by atoms with Crippen LogP contribution < -0.4 is 10.6 Å². The minimum absolute atomic E-state index is 0.0621. The van der Waals surface area contributed by atoms with Crippen LogP contribution in [0.2, 0.25) is 0 Å². The van der Waals surface area contributed by atoms with Crippen molar-refractivity contribution in [3.05, 3.63) is 65.0 Å². The molecule has 1 heterocycles. The van der Waals surface area contributed by atoms with Crippen LogP contribution in [0.5, 0.6) is 0 Å². The number of carbonyl (C=O) groups excluding carboxylic acids is 4. The highest BCUT2D eigenvalue weighted by Crippen LogP contribution is 2.42. The lowest BCUT2D eigenvalue weighted by molar-refractivity contribution is -0.184. The normalized spacial score (nSPS) is 19.8. The van der Waals surface area contributed by atoms with E-state index in [0.29, 0.717) is 38.0 Å². The molecule has 2 fully saturated rings. The summed E-state index contributed by atoms with van der Waals surface area (Å²) in [7, 11) is 1.92. The van der Waals surface area contributed by atoms with Crippen molar-refractivity contribution in [2.24, 2.45) is 22.7 Å². The smallest absolute Gasteiger partial charge is 0.344 e. The molecule has 0 bridgehead atoms. The van der Waals surface area contributed by atoms with Crippen LogP contribution in [0.1, 0.15) is 55.7 Å². The van der Waals surface area contributed by atoms with Crippen molar-refractivity contribution < 1.29 is 45.5 Å². The van der Waals surface area contributed by atoms with Gasteiger partial charge in [-0.25, -0.2) is 9.38 Å². The maximum absolute atomic E-state index is 15.5. The van der Waals surface area contributed by atoms with Gasteiger partial charge >= 0.3 is 18.0 Å². The van der Waals surface area contributed by atoms with E-state index in [1.807, 2.05) is 7.05 Å². The minimum atomic E-state index is -4.47. The molecule has 0 radical (unpaired) electrons. The first kappa shape index (κ1) is 40.0. The van der Waals surface area contributed by atoms with Gasteiger partial charge in [0.25, 0.3) is 0 Å². The first-order chi connectivity index (χ1) is 24.5. The molecule has 2 N–H and O–H groups in total. The van der Waals surface area contributed by atoms with Gasteiger partial charge in [0, 0.05) is 50.8 Å². The van der Waals surface area contributed by atoms with Crippen LogP contribution in [-0.2, 0) is 31.5 Å². The summed E-state index contributed by atoms with van der Waals surface area (Å²) in [5, 5.41) is 14.1. The largest absolute Gasteiger partial charge is 0.391 e. The summed E-state index contributed by atoms with van der Waals surface area (Å²) in [6, 6.07) is 8.55. The number of anilines is 1. The number of alkyl halides is 5. The first-order valence-electron chi connectivity index (χ1n) is 16.9. The van der Waals surface area contributed by atoms with Crippen molar-refractivity contribution in [2.45, 2.75) is 63.6 Å². The Morgan fingerprint density at radius 2 is 1.67 bits per heavy atom. The molecule has 1 aliphatic heterocycles. The number of likely N-dealkylation sites (N-methyl/N-ethyl adjacent to an activating group) is 1. The van der Waals surface area contributed by atoms with Crippen molar-refractivity contribution in [1.29, 1.82) is 5.26 Å². The van der Waals surface area contributed by atoms with Crippen LogP contribution in [0, 0.1) is 34.9 Å². The Balaban J connectivity index is 1.54. The number of amides is 4. The highest BCUT2D eigenvalue weighted by molar-refractivity contribution is 6.05. The second-order valence-electron chi connectivity index (χ2n) is 13.1. The van der Waals surface area contributed by atoms with E-state index in [0.717, 1.165) is 24.3 Å². The van der Waals surface area contributed by atoms with Gasteiger partial charge in [0.05, 0.1) is 29.2 Å². The van der Waals surface area contributed by atoms with Gasteiger partial charge in [-0.3, -0.25) is 19.2 Å². The van der Waals surface area contributed by atoms with Crippen molar-refractivity contribution in [3.63, 3.8) is 0 Å². The fraction of sp³-hybridized carbons (Fsp3) is 0.500. The van der Waals surface area contributed by atoms with E-state index >= 15 is 13.2 Å². The van der Waals surface area contributed by atoms with E-state index in [4.69, 9.17) is 5.26 Å². The molecule has 4 rings (SSSR count). The lowest BCUT2D eigenvalue weighted by atomic mass is 9.75. The van der Waals surface area contributed by atoms with Gasteiger partial charge in [-0.2, -0.15) is 27.2 Å². The summed E-state index contributed by atoms with van der Waals surface area (Å²) in [6.07, 6.45) is -4.72. The molecule has 2 aromatic rings. The molecule has 0 spiro atoms. The average molecular weight is 735 g/mol. The second-order valence-corrected chi connectivity index (χ2v) is 13.1. The minimum Gasteiger partial charge on any atom is -0.344 e. The number of hydrogen-bond acceptors (Lipinski definition) is 6. The van der Waals surface area contributed by atoms with Gasteiger partial charge < -0.3 is 20.4 Å². The number of nitrogens with zero attached hydrogens (tertiary/aromatic N) is 4. The van der Waals surface area contributed by atoms with Crippen molar-refractivity contribution in [1.82, 2.24) is 15.1 Å². The SMILES string of the molecule is CCC(=O)N[C@H](Cc1ccc(NC(=O)C(/C=N/C(=O)C(F)(F)c2cccc(C#N)c2)[C@H]2CC[C@H](C(F)(F)F)CC2)c(F)c1)C(=O)N1CCN(C)CC1. The quantitative estimate of drug-likeness (QED) is 0.240. The Morgan fingerprint density at radius 1 is 1.00 bits per heavy atom. The molecule has 0 aromatic heterocycles. The molecule has 52 heavy (non-hydrogen) atoms. The van der Waals surface area contributed by atoms with Crippen LogP contribution in [0.15, 0.2) is 47.5 Å². The zero-order chi connectivity index (χ0) is 38.2. The van der Waals surface area contributed by atoms with Crippen molar-refractivity contribution >= 4 is 35.5 Å². The molecule has 2 aromatic carbocycles. The summed E-state index contributed by atoms with van der Waals surface area (Å²) in [5.74, 6) is -12.7. The Hall–Kier alpha value is -4.78. The number of hydrogen-bond donors (Lipinski definition) is 2. The Kier molecular flexibility index (Phi) is 13.2. The highest BCUT2D eigenvalue weighted by atomic mass is 19.4. The molecule has 10 nitrogen and oxygen atoms in total. The van der Waals surface area contributed by atoms with E-state index < -0.39 is 59.1 Å². The van der Waals surface area contributed by atoms with Gasteiger partial charge in [-0.05, 0) is 68.5 Å². The number of nitriles is 1. The topological polar surface area (TPSA) is 135 Å². The number of aliphatic imine (C=N–C) groups is 1. The molecular weight excluding hydrogens is 694 g/mol. The molecule has 1 aliphatic carbocycles. The van der Waals surface area contributed by atoms with Gasteiger partial charge in [-0.1, -0.05) is 25.1 Å². The second kappa shape index (κ2) is 17.2. The molecule has 1 saturated carbocycles. The van der Waals surface area contributed by atoms with Gasteiger partial charge in [0.1, 0.15) is 11.9 Å². The monoisotopic (exact) mass is 734 g/mol. The van der Waals surface area contributed by atoms with E-state index in [2.05, 4.69) is 20.5 Å². The van der Waals surface area contributed by atoms with E-state index in [1.165, 1.54) is 18.2 Å². The fourth-order valence-electron chi connectivity index (χ4n) is 6.33. The molecular formula is C36H40F6N6O4. The predicted molar refractivity (Wildman–Crippen MR) is 179 cm³/mol. The lowest BCUT2D eigenvalue weighted by Crippen LogP contribution is -2.54. The van der Waals surface area contributed by atoms with E-state index in [1.54, 1.807) is 17.9 Å². The van der Waals surface area contributed by atoms with Gasteiger partial charge in [-0.15, -0.1) is 0 Å². The fourth-order valence-corrected chi connectivity index (χ4v) is 6.33. The summed E-state index contributed by atoms with van der Waals surface area (Å²) < 4.78 is 85.6. The van der Waals surface area contributed by atoms with Crippen LogP contribution in [0.25, 0.3) is 0 Å². The average Bonchev–Trinajstić information content (AvgIpc) is 3.12. The van der Waals surface area contributed by atoms with E-state index in [-0.39, 0.29) is 61.6 Å². The van der Waals surface area contributed by atoms with Crippen molar-refractivity contribution in [2.75, 3.05) is 38.5 Å². The van der Waals surface area contributed by atoms with Crippen LogP contribution >= 0.6 is 0 Å². The molecule has 16 heteroatoms. The van der Waals surface area contributed by atoms with Gasteiger partial charge in [0.2, 0.25) is 17.7 Å². The molecule has 2 atom stereocenters. The maximum atomic E-state index is 15.5. The van der Waals surface area contributed by atoms with E-state index in [9.17, 15) is 32.3 Å². The molecule has 4 amide bonds. The molecule has 280 valence electrons. The third-order valence-electron chi connectivity index (χ3n) is 9.52. The molecule has 1 saturated heterocycles. The van der Waals surface area contributed by atoms with Crippen molar-refractivity contribution in [3.8, 4) is 6.07 Å². The predicted octanol–water partition coefficient (Wildman–Crippen LogP) is 5.22. The number of piperazine rings is 1.